The SMILES string of the molecule is CC(C)C1CNCCN1c1cnc2ccccc2c1. The second-order valence-corrected chi connectivity index (χ2v) is 5.60. The number of pyridine rings is 1. The van der Waals surface area contributed by atoms with Crippen molar-refractivity contribution in [1.29, 1.82) is 0 Å². The molecule has 0 spiro atoms. The van der Waals surface area contributed by atoms with Gasteiger partial charge in [0.1, 0.15) is 0 Å². The van der Waals surface area contributed by atoms with E-state index in [-0.39, 0.29) is 0 Å². The molecule has 2 heterocycles. The van der Waals surface area contributed by atoms with E-state index in [9.17, 15) is 0 Å². The topological polar surface area (TPSA) is 28.2 Å². The highest BCUT2D eigenvalue weighted by Gasteiger charge is 2.25. The molecule has 2 aromatic rings. The molecule has 100 valence electrons. The number of rotatable bonds is 2. The fourth-order valence-corrected chi connectivity index (χ4v) is 2.86. The summed E-state index contributed by atoms with van der Waals surface area (Å²) in [7, 11) is 0. The summed E-state index contributed by atoms with van der Waals surface area (Å²) in [5.74, 6) is 0.638. The number of aromatic nitrogens is 1. The maximum absolute atomic E-state index is 4.59. The summed E-state index contributed by atoms with van der Waals surface area (Å²) in [6, 6.07) is 11.1. The first-order chi connectivity index (χ1) is 9.25. The van der Waals surface area contributed by atoms with E-state index in [1.165, 1.54) is 11.1 Å². The van der Waals surface area contributed by atoms with Gasteiger partial charge in [0.05, 0.1) is 17.4 Å². The lowest BCUT2D eigenvalue weighted by atomic mass is 10.00. The number of para-hydroxylation sites is 1. The quantitative estimate of drug-likeness (QED) is 0.894. The monoisotopic (exact) mass is 255 g/mol. The zero-order chi connectivity index (χ0) is 13.2. The van der Waals surface area contributed by atoms with Gasteiger partial charge in [-0.2, -0.15) is 0 Å². The van der Waals surface area contributed by atoms with Crippen molar-refractivity contribution < 1.29 is 0 Å². The highest BCUT2D eigenvalue weighted by molar-refractivity contribution is 5.81. The third-order valence-electron chi connectivity index (χ3n) is 3.96. The molecule has 1 aromatic carbocycles. The molecule has 19 heavy (non-hydrogen) atoms. The first kappa shape index (κ1) is 12.4. The van der Waals surface area contributed by atoms with Crippen LogP contribution >= 0.6 is 0 Å². The van der Waals surface area contributed by atoms with Crippen molar-refractivity contribution in [2.75, 3.05) is 24.5 Å². The molecule has 3 heteroatoms. The Kier molecular flexibility index (Phi) is 3.38. The van der Waals surface area contributed by atoms with Crippen molar-refractivity contribution in [2.24, 2.45) is 5.92 Å². The van der Waals surface area contributed by atoms with Gasteiger partial charge >= 0.3 is 0 Å². The van der Waals surface area contributed by atoms with Gasteiger partial charge in [0, 0.05) is 31.1 Å². The van der Waals surface area contributed by atoms with E-state index in [0.717, 1.165) is 25.2 Å². The van der Waals surface area contributed by atoms with Crippen LogP contribution in [0.1, 0.15) is 13.8 Å². The molecule has 1 unspecified atom stereocenters. The molecule has 1 aromatic heterocycles. The van der Waals surface area contributed by atoms with Crippen LogP contribution in [-0.2, 0) is 0 Å². The predicted molar refractivity (Wildman–Crippen MR) is 80.6 cm³/mol. The van der Waals surface area contributed by atoms with Crippen LogP contribution in [0.5, 0.6) is 0 Å². The fraction of sp³-hybridized carbons (Fsp3) is 0.438. The van der Waals surface area contributed by atoms with Crippen molar-refractivity contribution in [1.82, 2.24) is 10.3 Å². The number of hydrogen-bond acceptors (Lipinski definition) is 3. The normalized spacial score (nSPS) is 20.2. The molecule has 0 radical (unpaired) electrons. The van der Waals surface area contributed by atoms with E-state index >= 15 is 0 Å². The average Bonchev–Trinajstić information content (AvgIpc) is 2.46. The second kappa shape index (κ2) is 5.17. The number of benzene rings is 1. The van der Waals surface area contributed by atoms with E-state index < -0.39 is 0 Å². The maximum atomic E-state index is 4.59. The Balaban J connectivity index is 1.97. The zero-order valence-corrected chi connectivity index (χ0v) is 11.6. The van der Waals surface area contributed by atoms with Crippen molar-refractivity contribution in [3.05, 3.63) is 36.5 Å². The molecule has 3 rings (SSSR count). The Hall–Kier alpha value is -1.61. The van der Waals surface area contributed by atoms with Gasteiger partial charge in [-0.25, -0.2) is 0 Å². The average molecular weight is 255 g/mol. The summed E-state index contributed by atoms with van der Waals surface area (Å²) < 4.78 is 0. The smallest absolute Gasteiger partial charge is 0.0703 e. The molecule has 1 fully saturated rings. The van der Waals surface area contributed by atoms with Crippen molar-refractivity contribution in [2.45, 2.75) is 19.9 Å². The summed E-state index contributed by atoms with van der Waals surface area (Å²) in [6.07, 6.45) is 2.02. The Labute approximate surface area is 114 Å². The van der Waals surface area contributed by atoms with E-state index in [4.69, 9.17) is 0 Å². The summed E-state index contributed by atoms with van der Waals surface area (Å²) in [5.41, 5.74) is 2.32. The van der Waals surface area contributed by atoms with Gasteiger partial charge in [-0.15, -0.1) is 0 Å². The summed E-state index contributed by atoms with van der Waals surface area (Å²) in [5, 5.41) is 4.71. The van der Waals surface area contributed by atoms with Crippen LogP contribution in [0.15, 0.2) is 36.5 Å². The van der Waals surface area contributed by atoms with E-state index in [1.807, 2.05) is 12.3 Å². The van der Waals surface area contributed by atoms with E-state index in [0.29, 0.717) is 12.0 Å². The largest absolute Gasteiger partial charge is 0.364 e. The van der Waals surface area contributed by atoms with Crippen LogP contribution in [-0.4, -0.2) is 30.7 Å². The third-order valence-corrected chi connectivity index (χ3v) is 3.96. The van der Waals surface area contributed by atoms with Crippen LogP contribution in [0.2, 0.25) is 0 Å². The van der Waals surface area contributed by atoms with Gasteiger partial charge in [0.25, 0.3) is 0 Å². The first-order valence-electron chi connectivity index (χ1n) is 7.08. The van der Waals surface area contributed by atoms with Gasteiger partial charge in [0.2, 0.25) is 0 Å². The number of fused-ring (bicyclic) bond motifs is 1. The van der Waals surface area contributed by atoms with Gasteiger partial charge < -0.3 is 10.2 Å². The molecule has 1 aliphatic rings. The number of piperazine rings is 1. The van der Waals surface area contributed by atoms with Crippen LogP contribution in [0, 0.1) is 5.92 Å². The molecule has 0 amide bonds. The summed E-state index contributed by atoms with van der Waals surface area (Å²) in [6.45, 7) is 7.75. The molecule has 3 nitrogen and oxygen atoms in total. The van der Waals surface area contributed by atoms with Crippen LogP contribution in [0.3, 0.4) is 0 Å². The lowest BCUT2D eigenvalue weighted by Gasteiger charge is -2.40. The Bertz CT molecular complexity index is 565. The fourth-order valence-electron chi connectivity index (χ4n) is 2.86. The molecule has 0 bridgehead atoms. The van der Waals surface area contributed by atoms with Crippen molar-refractivity contribution >= 4 is 16.6 Å². The number of hydrogen-bond donors (Lipinski definition) is 1. The lowest BCUT2D eigenvalue weighted by molar-refractivity contribution is 0.390. The first-order valence-corrected chi connectivity index (χ1v) is 7.08. The maximum Gasteiger partial charge on any atom is 0.0703 e. The number of anilines is 1. The lowest BCUT2D eigenvalue weighted by Crippen LogP contribution is -2.53. The molecular weight excluding hydrogens is 234 g/mol. The van der Waals surface area contributed by atoms with Crippen LogP contribution < -0.4 is 10.2 Å². The summed E-state index contributed by atoms with van der Waals surface area (Å²) in [4.78, 5) is 7.09. The molecule has 0 aliphatic carbocycles. The molecular formula is C16H21N3. The van der Waals surface area contributed by atoms with E-state index in [2.05, 4.69) is 53.3 Å². The minimum Gasteiger partial charge on any atom is -0.364 e. The second-order valence-electron chi connectivity index (χ2n) is 5.60. The molecule has 1 atom stereocenters. The Morgan fingerprint density at radius 2 is 2.16 bits per heavy atom. The van der Waals surface area contributed by atoms with E-state index in [1.54, 1.807) is 0 Å². The summed E-state index contributed by atoms with van der Waals surface area (Å²) >= 11 is 0. The van der Waals surface area contributed by atoms with Crippen molar-refractivity contribution in [3.63, 3.8) is 0 Å². The van der Waals surface area contributed by atoms with Gasteiger partial charge in [-0.05, 0) is 18.1 Å². The Morgan fingerprint density at radius 3 is 3.00 bits per heavy atom. The highest BCUT2D eigenvalue weighted by Crippen LogP contribution is 2.24. The van der Waals surface area contributed by atoms with Crippen molar-refractivity contribution in [3.8, 4) is 0 Å². The minimum absolute atomic E-state index is 0.553. The van der Waals surface area contributed by atoms with Gasteiger partial charge in [0.15, 0.2) is 0 Å². The minimum atomic E-state index is 0.553. The zero-order valence-electron chi connectivity index (χ0n) is 11.6. The van der Waals surface area contributed by atoms with Gasteiger partial charge in [-0.3, -0.25) is 4.98 Å². The van der Waals surface area contributed by atoms with Crippen LogP contribution in [0.25, 0.3) is 10.9 Å². The number of nitrogens with one attached hydrogen (secondary N) is 1. The molecule has 1 N–H and O–H groups in total. The van der Waals surface area contributed by atoms with Crippen LogP contribution in [0.4, 0.5) is 5.69 Å². The Morgan fingerprint density at radius 1 is 1.32 bits per heavy atom. The third kappa shape index (κ3) is 2.43. The van der Waals surface area contributed by atoms with Gasteiger partial charge in [-0.1, -0.05) is 32.0 Å². The standard InChI is InChI=1S/C16H21N3/c1-12(2)16-11-17-7-8-19(16)14-9-13-5-3-4-6-15(13)18-10-14/h3-6,9-10,12,16-17H,7-8,11H2,1-2H3. The highest BCUT2D eigenvalue weighted by atomic mass is 15.2. The number of nitrogens with zero attached hydrogens (tertiary/aromatic N) is 2. The molecule has 0 saturated carbocycles. The predicted octanol–water partition coefficient (Wildman–Crippen LogP) is 2.67. The molecule has 1 aliphatic heterocycles. The molecule has 1 saturated heterocycles.